The van der Waals surface area contributed by atoms with Crippen LogP contribution in [0.4, 0.5) is 5.69 Å². The number of benzene rings is 3. The van der Waals surface area contributed by atoms with Crippen molar-refractivity contribution in [3.8, 4) is 5.75 Å². The van der Waals surface area contributed by atoms with Crippen molar-refractivity contribution in [1.29, 1.82) is 0 Å². The minimum Gasteiger partial charge on any atom is -0.497 e. The Morgan fingerprint density at radius 3 is 2.41 bits per heavy atom. The van der Waals surface area contributed by atoms with Crippen LogP contribution in [0, 0.1) is 0 Å². The lowest BCUT2D eigenvalue weighted by molar-refractivity contribution is -0.118. The Labute approximate surface area is 174 Å². The lowest BCUT2D eigenvalue weighted by atomic mass is 10.1. The summed E-state index contributed by atoms with van der Waals surface area (Å²) in [5, 5.41) is -0.0219. The molecule has 0 saturated heterocycles. The zero-order chi connectivity index (χ0) is 20.2. The maximum atomic E-state index is 13.2. The summed E-state index contributed by atoms with van der Waals surface area (Å²) in [5.41, 5.74) is 2.47. The van der Waals surface area contributed by atoms with Gasteiger partial charge in [-0.05, 0) is 29.8 Å². The third-order valence-corrected chi connectivity index (χ3v) is 6.29. The van der Waals surface area contributed by atoms with E-state index in [1.807, 2.05) is 66.7 Å². The number of Topliss-reactive ketones (excluding diaryl/α,β-unsaturated/α-hetero) is 1. The van der Waals surface area contributed by atoms with Crippen LogP contribution < -0.4 is 9.64 Å². The lowest BCUT2D eigenvalue weighted by Crippen LogP contribution is -2.35. The van der Waals surface area contributed by atoms with Gasteiger partial charge in [0.1, 0.15) is 5.75 Å². The third-order valence-electron chi connectivity index (χ3n) is 4.97. The smallest absolute Gasteiger partial charge is 0.228 e. The molecule has 0 radical (unpaired) electrons. The van der Waals surface area contributed by atoms with E-state index in [0.717, 1.165) is 21.9 Å². The summed E-state index contributed by atoms with van der Waals surface area (Å²) in [4.78, 5) is 28.6. The van der Waals surface area contributed by atoms with E-state index in [0.29, 0.717) is 12.0 Å². The molecule has 4 rings (SSSR count). The quantitative estimate of drug-likeness (QED) is 0.553. The van der Waals surface area contributed by atoms with Crippen molar-refractivity contribution < 1.29 is 14.3 Å². The first-order valence-corrected chi connectivity index (χ1v) is 10.3. The molecule has 0 bridgehead atoms. The topological polar surface area (TPSA) is 46.6 Å². The highest BCUT2D eigenvalue weighted by atomic mass is 32.2. The highest BCUT2D eigenvalue weighted by Crippen LogP contribution is 2.45. The minimum absolute atomic E-state index is 0.0219. The molecule has 0 unspecified atom stereocenters. The van der Waals surface area contributed by atoms with Gasteiger partial charge >= 0.3 is 0 Å². The number of carbonyl (C=O) groups excluding carboxylic acids is 2. The number of rotatable bonds is 5. The number of thioether (sulfide) groups is 1. The average molecular weight is 404 g/mol. The van der Waals surface area contributed by atoms with Crippen LogP contribution in [0.1, 0.15) is 27.6 Å². The van der Waals surface area contributed by atoms with Gasteiger partial charge in [-0.1, -0.05) is 54.6 Å². The molecule has 1 aliphatic heterocycles. The molecule has 4 nitrogen and oxygen atoms in total. The van der Waals surface area contributed by atoms with Crippen LogP contribution in [0.2, 0.25) is 0 Å². The average Bonchev–Trinajstić information content (AvgIpc) is 2.91. The molecule has 3 aromatic carbocycles. The SMILES string of the molecule is COc1ccc([C@H]2CC(=O)N(CC(=O)c3ccccc3)c3ccccc3S2)cc1. The van der Waals surface area contributed by atoms with E-state index >= 15 is 0 Å². The van der Waals surface area contributed by atoms with Crippen LogP contribution in [-0.2, 0) is 4.79 Å². The molecule has 5 heteroatoms. The highest BCUT2D eigenvalue weighted by molar-refractivity contribution is 7.99. The Morgan fingerprint density at radius 1 is 1.00 bits per heavy atom. The second kappa shape index (κ2) is 8.53. The Kier molecular flexibility index (Phi) is 5.67. The molecule has 146 valence electrons. The van der Waals surface area contributed by atoms with Crippen molar-refractivity contribution in [3.63, 3.8) is 0 Å². The van der Waals surface area contributed by atoms with Crippen LogP contribution in [0.5, 0.6) is 5.75 Å². The number of anilines is 1. The van der Waals surface area contributed by atoms with Crippen molar-refractivity contribution in [2.75, 3.05) is 18.6 Å². The molecule has 0 N–H and O–H groups in total. The molecule has 1 heterocycles. The van der Waals surface area contributed by atoms with Crippen LogP contribution in [0.15, 0.2) is 83.8 Å². The fourth-order valence-electron chi connectivity index (χ4n) is 3.41. The number of ketones is 1. The molecule has 1 atom stereocenters. The van der Waals surface area contributed by atoms with Crippen molar-refractivity contribution in [1.82, 2.24) is 0 Å². The predicted octanol–water partition coefficient (Wildman–Crippen LogP) is 5.15. The number of nitrogens with zero attached hydrogens (tertiary/aromatic N) is 1. The van der Waals surface area contributed by atoms with Gasteiger partial charge in [0, 0.05) is 22.1 Å². The molecule has 0 spiro atoms. The number of methoxy groups -OCH3 is 1. The summed E-state index contributed by atoms with van der Waals surface area (Å²) in [6, 6.07) is 24.7. The van der Waals surface area contributed by atoms with Gasteiger partial charge in [-0.2, -0.15) is 0 Å². The summed E-state index contributed by atoms with van der Waals surface area (Å²) >= 11 is 1.66. The van der Waals surface area contributed by atoms with Crippen LogP contribution in [0.3, 0.4) is 0 Å². The number of hydrogen-bond donors (Lipinski definition) is 0. The van der Waals surface area contributed by atoms with E-state index in [1.54, 1.807) is 35.9 Å². The molecule has 3 aromatic rings. The van der Waals surface area contributed by atoms with Gasteiger partial charge < -0.3 is 9.64 Å². The van der Waals surface area contributed by atoms with Crippen LogP contribution >= 0.6 is 11.8 Å². The normalized spacial score (nSPS) is 16.1. The van der Waals surface area contributed by atoms with E-state index in [4.69, 9.17) is 4.74 Å². The van der Waals surface area contributed by atoms with Crippen LogP contribution in [0.25, 0.3) is 0 Å². The van der Waals surface area contributed by atoms with Crippen molar-refractivity contribution in [2.24, 2.45) is 0 Å². The number of carbonyl (C=O) groups is 2. The Hall–Kier alpha value is -3.05. The first kappa shape index (κ1) is 19.3. The Bertz CT molecular complexity index is 1020. The van der Waals surface area contributed by atoms with E-state index in [2.05, 4.69) is 0 Å². The number of ether oxygens (including phenoxy) is 1. The minimum atomic E-state index is -0.0679. The monoisotopic (exact) mass is 403 g/mol. The second-order valence-electron chi connectivity index (χ2n) is 6.82. The van der Waals surface area contributed by atoms with Crippen LogP contribution in [-0.4, -0.2) is 25.3 Å². The summed E-state index contributed by atoms with van der Waals surface area (Å²) in [5.74, 6) is 0.670. The third kappa shape index (κ3) is 4.20. The first-order chi connectivity index (χ1) is 14.2. The van der Waals surface area contributed by atoms with Crippen molar-refractivity contribution in [3.05, 3.63) is 90.0 Å². The highest BCUT2D eigenvalue weighted by Gasteiger charge is 2.30. The van der Waals surface area contributed by atoms with E-state index in [-0.39, 0.29) is 23.5 Å². The van der Waals surface area contributed by atoms with E-state index < -0.39 is 0 Å². The first-order valence-electron chi connectivity index (χ1n) is 9.44. The number of para-hydroxylation sites is 1. The molecule has 0 fully saturated rings. The largest absolute Gasteiger partial charge is 0.497 e. The van der Waals surface area contributed by atoms with Gasteiger partial charge in [0.15, 0.2) is 5.78 Å². The fraction of sp³-hybridized carbons (Fsp3) is 0.167. The summed E-state index contributed by atoms with van der Waals surface area (Å²) < 4.78 is 5.24. The predicted molar refractivity (Wildman–Crippen MR) is 116 cm³/mol. The van der Waals surface area contributed by atoms with E-state index in [9.17, 15) is 9.59 Å². The number of fused-ring (bicyclic) bond motifs is 1. The summed E-state index contributed by atoms with van der Waals surface area (Å²) in [6.07, 6.45) is 0.327. The number of hydrogen-bond acceptors (Lipinski definition) is 4. The Balaban J connectivity index is 1.64. The second-order valence-corrected chi connectivity index (χ2v) is 8.07. The molecule has 29 heavy (non-hydrogen) atoms. The van der Waals surface area contributed by atoms with Gasteiger partial charge in [-0.3, -0.25) is 9.59 Å². The standard InChI is InChI=1S/C24H21NO3S/c1-28-19-13-11-18(12-14-19)23-15-24(27)25(20-9-5-6-10-22(20)29-23)16-21(26)17-7-3-2-4-8-17/h2-14,23H,15-16H2,1H3/t23-/m1/s1. The van der Waals surface area contributed by atoms with Crippen molar-refractivity contribution >= 4 is 29.1 Å². The molecular weight excluding hydrogens is 382 g/mol. The molecule has 1 amide bonds. The lowest BCUT2D eigenvalue weighted by Gasteiger charge is -2.22. The zero-order valence-electron chi connectivity index (χ0n) is 16.1. The molecule has 0 aromatic heterocycles. The zero-order valence-corrected chi connectivity index (χ0v) is 16.9. The Morgan fingerprint density at radius 2 is 1.69 bits per heavy atom. The van der Waals surface area contributed by atoms with Gasteiger partial charge in [-0.25, -0.2) is 0 Å². The van der Waals surface area contributed by atoms with Gasteiger partial charge in [-0.15, -0.1) is 11.8 Å². The molecular formula is C24H21NO3S. The summed E-state index contributed by atoms with van der Waals surface area (Å²) in [6.45, 7) is 0.0375. The summed E-state index contributed by atoms with van der Waals surface area (Å²) in [7, 11) is 1.64. The molecule has 0 aliphatic carbocycles. The van der Waals surface area contributed by atoms with Crippen molar-refractivity contribution in [2.45, 2.75) is 16.6 Å². The van der Waals surface area contributed by atoms with E-state index in [1.165, 1.54) is 0 Å². The van der Waals surface area contributed by atoms with Gasteiger partial charge in [0.25, 0.3) is 0 Å². The molecule has 1 aliphatic rings. The van der Waals surface area contributed by atoms with Gasteiger partial charge in [0.2, 0.25) is 5.91 Å². The maximum absolute atomic E-state index is 13.2. The maximum Gasteiger partial charge on any atom is 0.228 e. The number of amides is 1. The molecule has 0 saturated carbocycles. The fourth-order valence-corrected chi connectivity index (χ4v) is 4.70. The van der Waals surface area contributed by atoms with Gasteiger partial charge in [0.05, 0.1) is 19.3 Å².